The lowest BCUT2D eigenvalue weighted by Gasteiger charge is -2.01. The Morgan fingerprint density at radius 1 is 1.39 bits per heavy atom. The van der Waals surface area contributed by atoms with Crippen LogP contribution >= 0.6 is 0 Å². The van der Waals surface area contributed by atoms with E-state index in [2.05, 4.69) is 16.2 Å². The molecule has 0 saturated heterocycles. The summed E-state index contributed by atoms with van der Waals surface area (Å²) in [5, 5.41) is 12.4. The molecule has 0 aliphatic carbocycles. The minimum atomic E-state index is 0.237. The summed E-state index contributed by atoms with van der Waals surface area (Å²) in [4.78, 5) is 4.25. The highest BCUT2D eigenvalue weighted by molar-refractivity contribution is 4.89. The monoisotopic (exact) mass is 253 g/mol. The first-order valence-corrected chi connectivity index (χ1v) is 6.01. The van der Waals surface area contributed by atoms with Gasteiger partial charge in [-0.3, -0.25) is 0 Å². The maximum absolute atomic E-state index is 8.56. The molecule has 1 rings (SSSR count). The van der Waals surface area contributed by atoms with Crippen LogP contribution in [0.15, 0.2) is 4.52 Å². The van der Waals surface area contributed by atoms with Crippen LogP contribution in [0, 0.1) is 17.2 Å². The average Bonchev–Trinajstić information content (AvgIpc) is 2.77. The fourth-order valence-electron chi connectivity index (χ4n) is 1.41. The Bertz CT molecular complexity index is 373. The molecular formula is C12H19N3O3. The molecule has 0 aliphatic rings. The summed E-state index contributed by atoms with van der Waals surface area (Å²) in [6, 6.07) is 2.13. The molecule has 0 radical (unpaired) electrons. The Kier molecular flexibility index (Phi) is 6.99. The van der Waals surface area contributed by atoms with Crippen LogP contribution in [0.3, 0.4) is 0 Å². The molecule has 0 aromatic carbocycles. The second kappa shape index (κ2) is 8.61. The van der Waals surface area contributed by atoms with E-state index in [4.69, 9.17) is 19.3 Å². The molecule has 1 aromatic rings. The molecule has 0 saturated carbocycles. The molecule has 0 aliphatic heterocycles. The van der Waals surface area contributed by atoms with Crippen molar-refractivity contribution in [3.05, 3.63) is 11.7 Å². The maximum Gasteiger partial charge on any atom is 0.226 e. The van der Waals surface area contributed by atoms with Gasteiger partial charge in [-0.2, -0.15) is 10.2 Å². The summed E-state index contributed by atoms with van der Waals surface area (Å²) in [6.07, 6.45) is 1.77. The van der Waals surface area contributed by atoms with Gasteiger partial charge in [0.2, 0.25) is 5.89 Å². The van der Waals surface area contributed by atoms with E-state index in [0.29, 0.717) is 50.8 Å². The lowest BCUT2D eigenvalue weighted by molar-refractivity contribution is 0.0714. The van der Waals surface area contributed by atoms with Crippen molar-refractivity contribution >= 4 is 0 Å². The molecule has 0 N–H and O–H groups in total. The number of nitrogens with zero attached hydrogens (tertiary/aromatic N) is 3. The summed E-state index contributed by atoms with van der Waals surface area (Å²) in [5.41, 5.74) is 0. The topological polar surface area (TPSA) is 81.2 Å². The summed E-state index contributed by atoms with van der Waals surface area (Å²) >= 11 is 0. The molecule has 6 nitrogen and oxygen atoms in total. The third-order valence-corrected chi connectivity index (χ3v) is 2.37. The highest BCUT2D eigenvalue weighted by Crippen LogP contribution is 2.09. The van der Waals surface area contributed by atoms with Crippen LogP contribution < -0.4 is 0 Å². The van der Waals surface area contributed by atoms with Gasteiger partial charge in [0.25, 0.3) is 0 Å². The zero-order valence-electron chi connectivity index (χ0n) is 10.9. The second-order valence-electron chi connectivity index (χ2n) is 4.13. The van der Waals surface area contributed by atoms with Crippen molar-refractivity contribution in [2.45, 2.75) is 26.2 Å². The number of nitriles is 1. The number of ether oxygens (including phenoxy) is 2. The number of hydrogen-bond donors (Lipinski definition) is 0. The Morgan fingerprint density at radius 2 is 2.22 bits per heavy atom. The molecule has 0 fully saturated rings. The smallest absolute Gasteiger partial charge is 0.226 e. The number of methoxy groups -OCH3 is 1. The summed E-state index contributed by atoms with van der Waals surface area (Å²) < 4.78 is 15.3. The van der Waals surface area contributed by atoms with Crippen molar-refractivity contribution in [1.82, 2.24) is 10.1 Å². The quantitative estimate of drug-likeness (QED) is 0.618. The third kappa shape index (κ3) is 5.75. The fourth-order valence-corrected chi connectivity index (χ4v) is 1.41. The van der Waals surface area contributed by atoms with Crippen molar-refractivity contribution in [3.63, 3.8) is 0 Å². The Hall–Kier alpha value is -1.45. The lowest BCUT2D eigenvalue weighted by Crippen LogP contribution is -2.06. The van der Waals surface area contributed by atoms with Crippen molar-refractivity contribution in [2.75, 3.05) is 26.9 Å². The van der Waals surface area contributed by atoms with Gasteiger partial charge < -0.3 is 14.0 Å². The summed E-state index contributed by atoms with van der Waals surface area (Å²) in [5.74, 6) is 1.47. The van der Waals surface area contributed by atoms with E-state index in [1.54, 1.807) is 7.11 Å². The standard InChI is InChI=1S/C12H19N3O3/c1-10(3-5-13)9-12-14-11(15-18-12)4-6-17-8-7-16-2/h10H,3-4,6-9H2,1-2H3. The van der Waals surface area contributed by atoms with Gasteiger partial charge in [-0.15, -0.1) is 0 Å². The molecule has 100 valence electrons. The maximum atomic E-state index is 8.56. The molecule has 1 atom stereocenters. The number of hydrogen-bond acceptors (Lipinski definition) is 6. The molecule has 1 unspecified atom stereocenters. The Labute approximate surface area is 107 Å². The van der Waals surface area contributed by atoms with Crippen LogP contribution in [0.25, 0.3) is 0 Å². The van der Waals surface area contributed by atoms with E-state index < -0.39 is 0 Å². The van der Waals surface area contributed by atoms with Gasteiger partial charge in [-0.05, 0) is 5.92 Å². The summed E-state index contributed by atoms with van der Waals surface area (Å²) in [7, 11) is 1.64. The number of aromatic nitrogens is 2. The van der Waals surface area contributed by atoms with Crippen molar-refractivity contribution < 1.29 is 14.0 Å². The molecule has 0 spiro atoms. The minimum Gasteiger partial charge on any atom is -0.382 e. The second-order valence-corrected chi connectivity index (χ2v) is 4.13. The summed E-state index contributed by atoms with van der Waals surface area (Å²) in [6.45, 7) is 3.70. The van der Waals surface area contributed by atoms with Gasteiger partial charge in [0.05, 0.1) is 25.9 Å². The lowest BCUT2D eigenvalue weighted by atomic mass is 10.1. The molecule has 0 bridgehead atoms. The van der Waals surface area contributed by atoms with Gasteiger partial charge in [-0.1, -0.05) is 12.1 Å². The minimum absolute atomic E-state index is 0.237. The van der Waals surface area contributed by atoms with E-state index in [1.807, 2.05) is 6.92 Å². The van der Waals surface area contributed by atoms with Crippen molar-refractivity contribution in [2.24, 2.45) is 5.92 Å². The van der Waals surface area contributed by atoms with Crippen LogP contribution in [0.2, 0.25) is 0 Å². The van der Waals surface area contributed by atoms with Gasteiger partial charge in [0.1, 0.15) is 0 Å². The largest absolute Gasteiger partial charge is 0.382 e. The molecule has 6 heteroatoms. The predicted octanol–water partition coefficient (Wildman–Crippen LogP) is 1.37. The fraction of sp³-hybridized carbons (Fsp3) is 0.750. The zero-order chi connectivity index (χ0) is 13.2. The van der Waals surface area contributed by atoms with Gasteiger partial charge in [-0.25, -0.2) is 0 Å². The van der Waals surface area contributed by atoms with Gasteiger partial charge in [0.15, 0.2) is 5.82 Å². The molecule has 18 heavy (non-hydrogen) atoms. The normalized spacial score (nSPS) is 12.3. The van der Waals surface area contributed by atoms with Crippen LogP contribution in [-0.2, 0) is 22.3 Å². The van der Waals surface area contributed by atoms with Crippen molar-refractivity contribution in [1.29, 1.82) is 5.26 Å². The van der Waals surface area contributed by atoms with Crippen molar-refractivity contribution in [3.8, 4) is 6.07 Å². The average molecular weight is 253 g/mol. The first-order chi connectivity index (χ1) is 8.76. The van der Waals surface area contributed by atoms with E-state index in [-0.39, 0.29) is 5.92 Å². The first-order valence-electron chi connectivity index (χ1n) is 6.01. The van der Waals surface area contributed by atoms with Crippen LogP contribution in [0.1, 0.15) is 25.1 Å². The Balaban J connectivity index is 2.24. The van der Waals surface area contributed by atoms with Gasteiger partial charge in [0, 0.05) is 26.4 Å². The SMILES string of the molecule is COCCOCCc1noc(CC(C)CC#N)n1. The highest BCUT2D eigenvalue weighted by Gasteiger charge is 2.10. The highest BCUT2D eigenvalue weighted by atomic mass is 16.5. The first kappa shape index (κ1) is 14.6. The van der Waals surface area contributed by atoms with Crippen LogP contribution in [-0.4, -0.2) is 37.1 Å². The molecule has 1 aromatic heterocycles. The van der Waals surface area contributed by atoms with Crippen LogP contribution in [0.5, 0.6) is 0 Å². The van der Waals surface area contributed by atoms with Gasteiger partial charge >= 0.3 is 0 Å². The third-order valence-electron chi connectivity index (χ3n) is 2.37. The zero-order valence-corrected chi connectivity index (χ0v) is 10.9. The van der Waals surface area contributed by atoms with E-state index in [0.717, 1.165) is 0 Å². The molecule has 1 heterocycles. The van der Waals surface area contributed by atoms with E-state index >= 15 is 0 Å². The molecular weight excluding hydrogens is 234 g/mol. The van der Waals surface area contributed by atoms with E-state index in [9.17, 15) is 0 Å². The predicted molar refractivity (Wildman–Crippen MR) is 63.8 cm³/mol. The van der Waals surface area contributed by atoms with E-state index in [1.165, 1.54) is 0 Å². The number of rotatable bonds is 9. The molecule has 0 amide bonds. The van der Waals surface area contributed by atoms with Crippen LogP contribution in [0.4, 0.5) is 0 Å². The Morgan fingerprint density at radius 3 is 2.94 bits per heavy atom.